The fourth-order valence-electron chi connectivity index (χ4n) is 1.34. The van der Waals surface area contributed by atoms with Gasteiger partial charge in [-0.3, -0.25) is 0 Å². The zero-order valence-corrected chi connectivity index (χ0v) is 5.59. The smallest absolute Gasteiger partial charge is 0.0568 e. The Labute approximate surface area is 50.7 Å². The lowest BCUT2D eigenvalue weighted by atomic mass is 10.00. The highest BCUT2D eigenvalue weighted by Gasteiger charge is 2.27. The van der Waals surface area contributed by atoms with Crippen LogP contribution in [0.3, 0.4) is 0 Å². The second kappa shape index (κ2) is 2.06. The number of hydrogen-bond acceptors (Lipinski definition) is 1. The summed E-state index contributed by atoms with van der Waals surface area (Å²) in [6.45, 7) is 4.34. The number of hydrogen-bond donors (Lipinski definition) is 1. The first-order chi connectivity index (χ1) is 3.72. The second-order valence-electron chi connectivity index (χ2n) is 2.98. The van der Waals surface area contributed by atoms with Crippen LogP contribution in [0.25, 0.3) is 0 Å². The molecule has 0 heterocycles. The van der Waals surface area contributed by atoms with E-state index in [4.69, 9.17) is 5.11 Å². The maximum Gasteiger partial charge on any atom is 0.0568 e. The predicted octanol–water partition coefficient (Wildman–Crippen LogP) is 1.41. The molecule has 0 aliphatic heterocycles. The lowest BCUT2D eigenvalue weighted by molar-refractivity contribution is 0.130. The Hall–Kier alpha value is -0.0400. The first-order valence-corrected chi connectivity index (χ1v) is 3.40. The molecule has 3 atom stereocenters. The van der Waals surface area contributed by atoms with Crippen molar-refractivity contribution in [3.8, 4) is 0 Å². The molecule has 48 valence electrons. The van der Waals surface area contributed by atoms with Gasteiger partial charge in [-0.15, -0.1) is 0 Å². The minimum Gasteiger partial charge on any atom is -0.393 e. The summed E-state index contributed by atoms with van der Waals surface area (Å²) in [5, 5.41) is 9.17. The van der Waals surface area contributed by atoms with Gasteiger partial charge in [0, 0.05) is 0 Å². The quantitative estimate of drug-likeness (QED) is 0.505. The molecule has 0 aromatic carbocycles. The highest BCUT2D eigenvalue weighted by atomic mass is 16.3. The van der Waals surface area contributed by atoms with Crippen LogP contribution in [0.15, 0.2) is 0 Å². The van der Waals surface area contributed by atoms with Crippen molar-refractivity contribution in [2.45, 2.75) is 32.8 Å². The first kappa shape index (κ1) is 6.09. The Morgan fingerprint density at radius 1 is 1.25 bits per heavy atom. The molecule has 1 aliphatic carbocycles. The largest absolute Gasteiger partial charge is 0.393 e. The van der Waals surface area contributed by atoms with Crippen molar-refractivity contribution in [3.05, 3.63) is 0 Å². The van der Waals surface area contributed by atoms with Crippen LogP contribution in [0.1, 0.15) is 26.7 Å². The van der Waals surface area contributed by atoms with Gasteiger partial charge in [0.25, 0.3) is 0 Å². The molecule has 1 nitrogen and oxygen atoms in total. The summed E-state index contributed by atoms with van der Waals surface area (Å²) in [5.41, 5.74) is 0. The molecular formula is C7H14O. The number of aliphatic hydroxyl groups excluding tert-OH is 1. The summed E-state index contributed by atoms with van der Waals surface area (Å²) in [6.07, 6.45) is 2.22. The van der Waals surface area contributed by atoms with E-state index in [0.29, 0.717) is 5.92 Å². The zero-order chi connectivity index (χ0) is 6.15. The molecule has 0 aromatic rings. The third-order valence-electron chi connectivity index (χ3n) is 2.42. The molecule has 2 unspecified atom stereocenters. The molecule has 0 aromatic heterocycles. The SMILES string of the molecule is CC1CC[C@@H](O)C1C. The summed E-state index contributed by atoms with van der Waals surface area (Å²) in [4.78, 5) is 0. The van der Waals surface area contributed by atoms with Gasteiger partial charge in [0.1, 0.15) is 0 Å². The highest BCUT2D eigenvalue weighted by Crippen LogP contribution is 2.30. The average molecular weight is 114 g/mol. The van der Waals surface area contributed by atoms with Crippen molar-refractivity contribution in [3.63, 3.8) is 0 Å². The minimum atomic E-state index is -0.00926. The molecule has 1 rings (SSSR count). The average Bonchev–Trinajstić information content (AvgIpc) is 1.98. The second-order valence-corrected chi connectivity index (χ2v) is 2.98. The van der Waals surface area contributed by atoms with Crippen molar-refractivity contribution < 1.29 is 5.11 Å². The van der Waals surface area contributed by atoms with E-state index in [1.165, 1.54) is 6.42 Å². The van der Waals surface area contributed by atoms with Gasteiger partial charge in [-0.05, 0) is 24.7 Å². The van der Waals surface area contributed by atoms with E-state index in [-0.39, 0.29) is 6.10 Å². The highest BCUT2D eigenvalue weighted by molar-refractivity contribution is 4.78. The lowest BCUT2D eigenvalue weighted by Crippen LogP contribution is -2.12. The summed E-state index contributed by atoms with van der Waals surface area (Å²) in [6, 6.07) is 0. The molecule has 1 N–H and O–H groups in total. The Kier molecular flexibility index (Phi) is 1.57. The van der Waals surface area contributed by atoms with Crippen molar-refractivity contribution in [1.29, 1.82) is 0 Å². The molecule has 0 radical (unpaired) electrons. The van der Waals surface area contributed by atoms with Gasteiger partial charge < -0.3 is 5.11 Å². The fourth-order valence-corrected chi connectivity index (χ4v) is 1.34. The van der Waals surface area contributed by atoms with Crippen LogP contribution in [-0.2, 0) is 0 Å². The molecule has 1 aliphatic rings. The van der Waals surface area contributed by atoms with E-state index in [1.807, 2.05) is 0 Å². The molecule has 1 saturated carbocycles. The van der Waals surface area contributed by atoms with E-state index in [0.717, 1.165) is 12.3 Å². The topological polar surface area (TPSA) is 20.2 Å². The van der Waals surface area contributed by atoms with Crippen LogP contribution in [-0.4, -0.2) is 11.2 Å². The van der Waals surface area contributed by atoms with Crippen LogP contribution < -0.4 is 0 Å². The minimum absolute atomic E-state index is 0.00926. The first-order valence-electron chi connectivity index (χ1n) is 3.40. The monoisotopic (exact) mass is 114 g/mol. The Morgan fingerprint density at radius 3 is 2.00 bits per heavy atom. The van der Waals surface area contributed by atoms with Gasteiger partial charge in [0.15, 0.2) is 0 Å². The van der Waals surface area contributed by atoms with E-state index in [1.54, 1.807) is 0 Å². The third-order valence-corrected chi connectivity index (χ3v) is 2.42. The van der Waals surface area contributed by atoms with Gasteiger partial charge in [-0.25, -0.2) is 0 Å². The molecule has 1 fully saturated rings. The van der Waals surface area contributed by atoms with E-state index >= 15 is 0 Å². The van der Waals surface area contributed by atoms with Gasteiger partial charge >= 0.3 is 0 Å². The lowest BCUT2D eigenvalue weighted by Gasteiger charge is -2.10. The summed E-state index contributed by atoms with van der Waals surface area (Å²) in [5.74, 6) is 1.28. The standard InChI is InChI=1S/C7H14O/c1-5-3-4-7(8)6(5)2/h5-8H,3-4H2,1-2H3/t5?,6?,7-/m1/s1. The molecule has 0 bridgehead atoms. The van der Waals surface area contributed by atoms with Gasteiger partial charge in [0.05, 0.1) is 6.10 Å². The van der Waals surface area contributed by atoms with Crippen LogP contribution >= 0.6 is 0 Å². The van der Waals surface area contributed by atoms with E-state index in [9.17, 15) is 0 Å². The van der Waals surface area contributed by atoms with E-state index in [2.05, 4.69) is 13.8 Å². The predicted molar refractivity (Wildman–Crippen MR) is 33.6 cm³/mol. The molecule has 0 saturated heterocycles. The summed E-state index contributed by atoms with van der Waals surface area (Å²) in [7, 11) is 0. The van der Waals surface area contributed by atoms with Gasteiger partial charge in [-0.2, -0.15) is 0 Å². The fraction of sp³-hybridized carbons (Fsp3) is 1.00. The van der Waals surface area contributed by atoms with Crippen molar-refractivity contribution >= 4 is 0 Å². The molecule has 8 heavy (non-hydrogen) atoms. The van der Waals surface area contributed by atoms with Crippen molar-refractivity contribution in [1.82, 2.24) is 0 Å². The number of aliphatic hydroxyl groups is 1. The third kappa shape index (κ3) is 0.873. The molecular weight excluding hydrogens is 100 g/mol. The van der Waals surface area contributed by atoms with Crippen LogP contribution in [0.2, 0.25) is 0 Å². The maximum absolute atomic E-state index is 9.17. The normalized spacial score (nSPS) is 47.6. The maximum atomic E-state index is 9.17. The molecule has 1 heteroatoms. The Morgan fingerprint density at radius 2 is 1.88 bits per heavy atom. The molecule has 0 amide bonds. The van der Waals surface area contributed by atoms with Crippen molar-refractivity contribution in [2.24, 2.45) is 11.8 Å². The Balaban J connectivity index is 2.44. The van der Waals surface area contributed by atoms with Crippen LogP contribution in [0.5, 0.6) is 0 Å². The number of rotatable bonds is 0. The Bertz CT molecular complexity index is 70.5. The summed E-state index contributed by atoms with van der Waals surface area (Å²) >= 11 is 0. The zero-order valence-electron chi connectivity index (χ0n) is 5.59. The van der Waals surface area contributed by atoms with Crippen LogP contribution in [0.4, 0.5) is 0 Å². The van der Waals surface area contributed by atoms with Gasteiger partial charge in [0.2, 0.25) is 0 Å². The molecule has 0 spiro atoms. The van der Waals surface area contributed by atoms with Crippen molar-refractivity contribution in [2.75, 3.05) is 0 Å². The summed E-state index contributed by atoms with van der Waals surface area (Å²) < 4.78 is 0. The van der Waals surface area contributed by atoms with E-state index < -0.39 is 0 Å². The van der Waals surface area contributed by atoms with Gasteiger partial charge in [-0.1, -0.05) is 13.8 Å². The van der Waals surface area contributed by atoms with Crippen LogP contribution in [0, 0.1) is 11.8 Å².